The summed E-state index contributed by atoms with van der Waals surface area (Å²) in [6, 6.07) is 5.42. The molecular formula is C18H18ClN3O3. The lowest BCUT2D eigenvalue weighted by molar-refractivity contribution is 0.200. The van der Waals surface area contributed by atoms with Gasteiger partial charge in [-0.05, 0) is 23.8 Å². The number of phenols is 1. The molecule has 6 nitrogen and oxygen atoms in total. The number of imidazole rings is 1. The summed E-state index contributed by atoms with van der Waals surface area (Å²) in [6.45, 7) is 2.64. The number of methoxy groups -OCH3 is 1. The number of phenolic OH excluding ortho intramolecular Hbond substituents is 1. The van der Waals surface area contributed by atoms with Crippen molar-refractivity contribution < 1.29 is 14.6 Å². The van der Waals surface area contributed by atoms with Gasteiger partial charge >= 0.3 is 0 Å². The van der Waals surface area contributed by atoms with E-state index in [-0.39, 0.29) is 10.8 Å². The Morgan fingerprint density at radius 2 is 2.08 bits per heavy atom. The topological polar surface area (TPSA) is 68.0 Å². The van der Waals surface area contributed by atoms with Gasteiger partial charge in [0.15, 0.2) is 11.5 Å². The molecule has 25 heavy (non-hydrogen) atoms. The van der Waals surface area contributed by atoms with Gasteiger partial charge in [-0.3, -0.25) is 0 Å². The van der Waals surface area contributed by atoms with Crippen LogP contribution < -0.4 is 14.8 Å². The van der Waals surface area contributed by atoms with Crippen molar-refractivity contribution in [1.82, 2.24) is 14.7 Å². The van der Waals surface area contributed by atoms with Gasteiger partial charge in [0, 0.05) is 30.8 Å². The van der Waals surface area contributed by atoms with Gasteiger partial charge in [0.05, 0.1) is 31.3 Å². The van der Waals surface area contributed by atoms with Crippen molar-refractivity contribution in [2.45, 2.75) is 0 Å². The number of nitrogens with one attached hydrogen (secondary N) is 1. The number of fused-ring (bicyclic) bond motifs is 1. The van der Waals surface area contributed by atoms with Crippen LogP contribution in [0.2, 0.25) is 5.02 Å². The van der Waals surface area contributed by atoms with Crippen LogP contribution in [0.3, 0.4) is 0 Å². The average Bonchev–Trinajstić information content (AvgIpc) is 3.04. The van der Waals surface area contributed by atoms with Crippen LogP contribution in [0.1, 0.15) is 0 Å². The molecule has 0 unspecified atom stereocenters. The van der Waals surface area contributed by atoms with E-state index in [1.807, 2.05) is 16.7 Å². The van der Waals surface area contributed by atoms with E-state index in [0.29, 0.717) is 18.3 Å². The number of ether oxygens (including phenoxy) is 2. The van der Waals surface area contributed by atoms with Gasteiger partial charge in [-0.2, -0.15) is 0 Å². The molecule has 0 spiro atoms. The van der Waals surface area contributed by atoms with Gasteiger partial charge in [0.2, 0.25) is 0 Å². The molecule has 3 heterocycles. The first-order valence-electron chi connectivity index (χ1n) is 8.02. The number of aromatic nitrogens is 2. The van der Waals surface area contributed by atoms with Crippen LogP contribution in [0.15, 0.2) is 36.9 Å². The SMILES string of the molecule is COc1cc(-c2cc(OCC3CNC3)c3cncn3c2)cc(Cl)c1O. The molecule has 0 amide bonds. The summed E-state index contributed by atoms with van der Waals surface area (Å²) >= 11 is 6.13. The highest BCUT2D eigenvalue weighted by atomic mass is 35.5. The first-order chi connectivity index (χ1) is 12.2. The Hall–Kier alpha value is -2.44. The summed E-state index contributed by atoms with van der Waals surface area (Å²) in [5.74, 6) is 1.57. The maximum absolute atomic E-state index is 9.94. The fourth-order valence-corrected chi connectivity index (χ4v) is 3.05. The van der Waals surface area contributed by atoms with E-state index in [4.69, 9.17) is 21.1 Å². The molecule has 0 radical (unpaired) electrons. The number of aromatic hydroxyl groups is 1. The van der Waals surface area contributed by atoms with Crippen molar-refractivity contribution in [2.75, 3.05) is 26.8 Å². The zero-order valence-corrected chi connectivity index (χ0v) is 14.5. The summed E-state index contributed by atoms with van der Waals surface area (Å²) in [6.07, 6.45) is 5.46. The smallest absolute Gasteiger partial charge is 0.176 e. The summed E-state index contributed by atoms with van der Waals surface area (Å²) in [4.78, 5) is 4.20. The van der Waals surface area contributed by atoms with E-state index >= 15 is 0 Å². The fraction of sp³-hybridized carbons (Fsp3) is 0.278. The molecule has 0 saturated carbocycles. The lowest BCUT2D eigenvalue weighted by atomic mass is 10.1. The normalized spacial score (nSPS) is 14.5. The summed E-state index contributed by atoms with van der Waals surface area (Å²) in [5.41, 5.74) is 2.63. The van der Waals surface area contributed by atoms with Crippen molar-refractivity contribution in [2.24, 2.45) is 5.92 Å². The predicted molar refractivity (Wildman–Crippen MR) is 95.7 cm³/mol. The van der Waals surface area contributed by atoms with Gasteiger partial charge in [0.25, 0.3) is 0 Å². The number of nitrogens with zero attached hydrogens (tertiary/aromatic N) is 2. The monoisotopic (exact) mass is 359 g/mol. The van der Waals surface area contributed by atoms with Crippen LogP contribution >= 0.6 is 11.6 Å². The third-order valence-corrected chi connectivity index (χ3v) is 4.69. The average molecular weight is 360 g/mol. The highest BCUT2D eigenvalue weighted by Crippen LogP contribution is 2.39. The predicted octanol–water partition coefficient (Wildman–Crippen LogP) is 2.97. The molecule has 1 saturated heterocycles. The Balaban J connectivity index is 1.75. The summed E-state index contributed by atoms with van der Waals surface area (Å²) in [7, 11) is 1.50. The maximum atomic E-state index is 9.94. The number of benzene rings is 1. The molecule has 1 aliphatic heterocycles. The maximum Gasteiger partial charge on any atom is 0.176 e. The second kappa shape index (κ2) is 6.46. The Labute approximate surface area is 150 Å². The van der Waals surface area contributed by atoms with Crippen LogP contribution in [0.5, 0.6) is 17.2 Å². The standard InChI is InChI=1S/C18H18ClN3O3/c1-24-17-3-12(2-14(19)18(17)23)13-4-16(25-9-11-5-20-6-11)15-7-21-10-22(15)8-13/h2-4,7-8,10-11,20,23H,5-6,9H2,1H3. The molecule has 1 aliphatic rings. The number of halogens is 1. The lowest BCUT2D eigenvalue weighted by Crippen LogP contribution is -2.45. The van der Waals surface area contributed by atoms with Gasteiger partial charge < -0.3 is 24.3 Å². The van der Waals surface area contributed by atoms with Gasteiger partial charge in [0.1, 0.15) is 11.3 Å². The molecule has 1 fully saturated rings. The van der Waals surface area contributed by atoms with E-state index < -0.39 is 0 Å². The molecule has 0 atom stereocenters. The molecule has 2 N–H and O–H groups in total. The molecular weight excluding hydrogens is 342 g/mol. The molecule has 1 aromatic carbocycles. The largest absolute Gasteiger partial charge is 0.503 e. The molecule has 0 bridgehead atoms. The molecule has 4 rings (SSSR count). The van der Waals surface area contributed by atoms with Gasteiger partial charge in [-0.15, -0.1) is 0 Å². The van der Waals surface area contributed by atoms with E-state index in [1.54, 1.807) is 24.7 Å². The van der Waals surface area contributed by atoms with Crippen molar-refractivity contribution >= 4 is 17.1 Å². The van der Waals surface area contributed by atoms with Crippen molar-refractivity contribution in [1.29, 1.82) is 0 Å². The van der Waals surface area contributed by atoms with Gasteiger partial charge in [-0.25, -0.2) is 4.98 Å². The minimum atomic E-state index is -0.0643. The van der Waals surface area contributed by atoms with E-state index in [2.05, 4.69) is 10.3 Å². The second-order valence-corrected chi connectivity index (χ2v) is 6.53. The third-order valence-electron chi connectivity index (χ3n) is 4.41. The third kappa shape index (κ3) is 2.99. The van der Waals surface area contributed by atoms with Gasteiger partial charge in [-0.1, -0.05) is 11.6 Å². The minimum absolute atomic E-state index is 0.0643. The molecule has 0 aliphatic carbocycles. The number of hydrogen-bond donors (Lipinski definition) is 2. The van der Waals surface area contributed by atoms with Crippen LogP contribution in [-0.2, 0) is 0 Å². The second-order valence-electron chi connectivity index (χ2n) is 6.12. The van der Waals surface area contributed by atoms with E-state index in [0.717, 1.165) is 35.5 Å². The molecule has 2 aromatic heterocycles. The fourth-order valence-electron chi connectivity index (χ4n) is 2.84. The molecule has 130 valence electrons. The first kappa shape index (κ1) is 16.1. The number of rotatable bonds is 5. The Bertz CT molecular complexity index is 921. The van der Waals surface area contributed by atoms with Crippen LogP contribution in [0.4, 0.5) is 0 Å². The minimum Gasteiger partial charge on any atom is -0.503 e. The van der Waals surface area contributed by atoms with E-state index in [9.17, 15) is 5.11 Å². The number of pyridine rings is 1. The van der Waals surface area contributed by atoms with Crippen LogP contribution in [0, 0.1) is 5.92 Å². The first-order valence-corrected chi connectivity index (χ1v) is 8.39. The Morgan fingerprint density at radius 1 is 1.28 bits per heavy atom. The van der Waals surface area contributed by atoms with Crippen LogP contribution in [-0.4, -0.2) is 41.3 Å². The van der Waals surface area contributed by atoms with Crippen molar-refractivity contribution in [3.63, 3.8) is 0 Å². The summed E-state index contributed by atoms with van der Waals surface area (Å²) in [5, 5.41) is 13.4. The van der Waals surface area contributed by atoms with Crippen molar-refractivity contribution in [3.8, 4) is 28.4 Å². The lowest BCUT2D eigenvalue weighted by Gasteiger charge is -2.27. The zero-order valence-electron chi connectivity index (χ0n) is 13.7. The summed E-state index contributed by atoms with van der Waals surface area (Å²) < 4.78 is 13.2. The quantitative estimate of drug-likeness (QED) is 0.733. The van der Waals surface area contributed by atoms with Crippen molar-refractivity contribution in [3.05, 3.63) is 41.9 Å². The highest BCUT2D eigenvalue weighted by Gasteiger charge is 2.18. The zero-order chi connectivity index (χ0) is 17.4. The Morgan fingerprint density at radius 3 is 2.80 bits per heavy atom. The molecule has 3 aromatic rings. The van der Waals surface area contributed by atoms with Crippen LogP contribution in [0.25, 0.3) is 16.6 Å². The number of hydrogen-bond acceptors (Lipinski definition) is 5. The van der Waals surface area contributed by atoms with E-state index in [1.165, 1.54) is 7.11 Å². The Kier molecular flexibility index (Phi) is 4.15. The highest BCUT2D eigenvalue weighted by molar-refractivity contribution is 6.32. The molecule has 7 heteroatoms.